The number of amides is 1. The summed E-state index contributed by atoms with van der Waals surface area (Å²) in [5.41, 5.74) is 6.40. The Bertz CT molecular complexity index is 508. The average Bonchev–Trinajstić information content (AvgIpc) is 2.45. The van der Waals surface area contributed by atoms with Gasteiger partial charge >= 0.3 is 0 Å². The van der Waals surface area contributed by atoms with Crippen LogP contribution in [0.15, 0.2) is 16.6 Å². The Kier molecular flexibility index (Phi) is 5.87. The molecule has 0 aromatic heterocycles. The van der Waals surface area contributed by atoms with E-state index in [1.165, 1.54) is 0 Å². The van der Waals surface area contributed by atoms with Crippen LogP contribution in [0.25, 0.3) is 0 Å². The van der Waals surface area contributed by atoms with Gasteiger partial charge in [0.15, 0.2) is 11.5 Å². The van der Waals surface area contributed by atoms with Crippen molar-refractivity contribution in [2.75, 3.05) is 26.3 Å². The van der Waals surface area contributed by atoms with Crippen molar-refractivity contribution in [3.63, 3.8) is 0 Å². The monoisotopic (exact) mass is 356 g/mol. The van der Waals surface area contributed by atoms with Gasteiger partial charge in [-0.2, -0.15) is 0 Å². The normalized spacial score (nSPS) is 13.5. The van der Waals surface area contributed by atoms with Gasteiger partial charge in [-0.25, -0.2) is 0 Å². The molecule has 1 amide bonds. The Balaban J connectivity index is 2.13. The van der Waals surface area contributed by atoms with Crippen LogP contribution in [-0.2, 0) is 11.3 Å². The van der Waals surface area contributed by atoms with Crippen LogP contribution >= 0.6 is 15.9 Å². The van der Waals surface area contributed by atoms with E-state index in [1.807, 2.05) is 12.1 Å². The van der Waals surface area contributed by atoms with E-state index >= 15 is 0 Å². The van der Waals surface area contributed by atoms with Gasteiger partial charge in [0.1, 0.15) is 13.2 Å². The van der Waals surface area contributed by atoms with E-state index in [0.717, 1.165) is 40.9 Å². The first kappa shape index (κ1) is 16.1. The van der Waals surface area contributed by atoms with E-state index < -0.39 is 0 Å². The minimum Gasteiger partial charge on any atom is -0.486 e. The van der Waals surface area contributed by atoms with Crippen LogP contribution in [-0.4, -0.2) is 37.1 Å². The van der Waals surface area contributed by atoms with Gasteiger partial charge in [-0.15, -0.1) is 0 Å². The summed E-state index contributed by atoms with van der Waals surface area (Å²) in [6.07, 6.45) is 2.12. The third-order valence-corrected chi connectivity index (χ3v) is 4.05. The second-order valence-corrected chi connectivity index (χ2v) is 5.97. The van der Waals surface area contributed by atoms with Crippen LogP contribution in [0.2, 0.25) is 0 Å². The van der Waals surface area contributed by atoms with Crippen molar-refractivity contribution in [1.82, 2.24) is 4.90 Å². The minimum absolute atomic E-state index is 0.265. The Morgan fingerprint density at radius 2 is 2.00 bits per heavy atom. The summed E-state index contributed by atoms with van der Waals surface area (Å²) in [6.45, 7) is 5.03. The molecule has 0 aliphatic carbocycles. The standard InChI is InChI=1S/C15H21BrN2O3/c1-2-3-4-18(10-15(17)19)9-11-7-13-14(8-12(11)16)21-6-5-20-13/h7-8H,2-6,9-10H2,1H3,(H2,17,19). The van der Waals surface area contributed by atoms with Gasteiger partial charge < -0.3 is 15.2 Å². The van der Waals surface area contributed by atoms with Crippen molar-refractivity contribution in [1.29, 1.82) is 0 Å². The van der Waals surface area contributed by atoms with E-state index in [4.69, 9.17) is 15.2 Å². The van der Waals surface area contributed by atoms with Crippen molar-refractivity contribution in [2.45, 2.75) is 26.3 Å². The van der Waals surface area contributed by atoms with E-state index in [9.17, 15) is 4.79 Å². The molecule has 6 heteroatoms. The first-order chi connectivity index (χ1) is 10.1. The number of rotatable bonds is 7. The van der Waals surface area contributed by atoms with Crippen LogP contribution in [0.3, 0.4) is 0 Å². The fourth-order valence-electron chi connectivity index (χ4n) is 2.28. The molecule has 0 saturated carbocycles. The van der Waals surface area contributed by atoms with Gasteiger partial charge in [0, 0.05) is 11.0 Å². The van der Waals surface area contributed by atoms with E-state index in [-0.39, 0.29) is 12.5 Å². The van der Waals surface area contributed by atoms with E-state index in [2.05, 4.69) is 27.8 Å². The molecule has 1 aliphatic rings. The number of halogens is 1. The first-order valence-corrected chi connectivity index (χ1v) is 7.98. The SMILES string of the molecule is CCCCN(CC(N)=O)Cc1cc2c(cc1Br)OCCO2. The molecular formula is C15H21BrN2O3. The Morgan fingerprint density at radius 1 is 1.33 bits per heavy atom. The van der Waals surface area contributed by atoms with Gasteiger partial charge in [0.05, 0.1) is 6.54 Å². The molecule has 0 unspecified atom stereocenters. The largest absolute Gasteiger partial charge is 0.486 e. The molecule has 0 spiro atoms. The zero-order valence-corrected chi connectivity index (χ0v) is 13.8. The summed E-state index contributed by atoms with van der Waals surface area (Å²) in [5, 5.41) is 0. The molecule has 1 aromatic carbocycles. The lowest BCUT2D eigenvalue weighted by atomic mass is 10.1. The highest BCUT2D eigenvalue weighted by molar-refractivity contribution is 9.10. The highest BCUT2D eigenvalue weighted by atomic mass is 79.9. The lowest BCUT2D eigenvalue weighted by Gasteiger charge is -2.24. The van der Waals surface area contributed by atoms with E-state index in [0.29, 0.717) is 19.8 Å². The maximum Gasteiger partial charge on any atom is 0.231 e. The Labute approximate surface area is 133 Å². The summed E-state index contributed by atoms with van der Waals surface area (Å²) < 4.78 is 12.1. The van der Waals surface area contributed by atoms with Crippen LogP contribution < -0.4 is 15.2 Å². The predicted molar refractivity (Wildman–Crippen MR) is 84.5 cm³/mol. The van der Waals surface area contributed by atoms with Crippen LogP contribution in [0.4, 0.5) is 0 Å². The molecule has 0 atom stereocenters. The molecule has 0 fully saturated rings. The van der Waals surface area contributed by atoms with Gasteiger partial charge in [0.2, 0.25) is 5.91 Å². The number of unbranched alkanes of at least 4 members (excludes halogenated alkanes) is 1. The third kappa shape index (κ3) is 4.61. The molecule has 0 bridgehead atoms. The molecule has 1 heterocycles. The molecule has 116 valence electrons. The lowest BCUT2D eigenvalue weighted by Crippen LogP contribution is -2.34. The van der Waals surface area contributed by atoms with Gasteiger partial charge in [-0.3, -0.25) is 9.69 Å². The van der Waals surface area contributed by atoms with Crippen LogP contribution in [0.1, 0.15) is 25.3 Å². The molecule has 21 heavy (non-hydrogen) atoms. The molecule has 2 rings (SSSR count). The summed E-state index contributed by atoms with van der Waals surface area (Å²) >= 11 is 3.56. The van der Waals surface area contributed by atoms with Gasteiger partial charge in [0.25, 0.3) is 0 Å². The number of carbonyl (C=O) groups excluding carboxylic acids is 1. The number of hydrogen-bond acceptors (Lipinski definition) is 4. The molecule has 1 aromatic rings. The number of nitrogens with zero attached hydrogens (tertiary/aromatic N) is 1. The van der Waals surface area contributed by atoms with Crippen LogP contribution in [0, 0.1) is 0 Å². The predicted octanol–water partition coefficient (Wildman–Crippen LogP) is 2.31. The fourth-order valence-corrected chi connectivity index (χ4v) is 2.73. The molecule has 0 saturated heterocycles. The van der Waals surface area contributed by atoms with Crippen molar-refractivity contribution >= 4 is 21.8 Å². The minimum atomic E-state index is -0.306. The lowest BCUT2D eigenvalue weighted by molar-refractivity contribution is -0.119. The highest BCUT2D eigenvalue weighted by Crippen LogP contribution is 2.36. The molecular weight excluding hydrogens is 336 g/mol. The fraction of sp³-hybridized carbons (Fsp3) is 0.533. The zero-order chi connectivity index (χ0) is 15.2. The summed E-state index contributed by atoms with van der Waals surface area (Å²) in [5.74, 6) is 1.21. The van der Waals surface area contributed by atoms with Crippen molar-refractivity contribution < 1.29 is 14.3 Å². The second kappa shape index (κ2) is 7.66. The van der Waals surface area contributed by atoms with Gasteiger partial charge in [-0.05, 0) is 30.7 Å². The third-order valence-electron chi connectivity index (χ3n) is 3.31. The number of carbonyl (C=O) groups is 1. The number of ether oxygens (including phenoxy) is 2. The second-order valence-electron chi connectivity index (χ2n) is 5.12. The maximum absolute atomic E-state index is 11.2. The molecule has 1 aliphatic heterocycles. The quantitative estimate of drug-likeness (QED) is 0.813. The average molecular weight is 357 g/mol. The topological polar surface area (TPSA) is 64.8 Å². The number of hydrogen-bond donors (Lipinski definition) is 1. The summed E-state index contributed by atoms with van der Waals surface area (Å²) in [6, 6.07) is 3.89. The maximum atomic E-state index is 11.2. The number of benzene rings is 1. The Hall–Kier alpha value is -1.27. The number of primary amides is 1. The molecule has 5 nitrogen and oxygen atoms in total. The number of nitrogens with two attached hydrogens (primary N) is 1. The molecule has 0 radical (unpaired) electrons. The van der Waals surface area contributed by atoms with E-state index in [1.54, 1.807) is 0 Å². The zero-order valence-electron chi connectivity index (χ0n) is 12.2. The van der Waals surface area contributed by atoms with Crippen molar-refractivity contribution in [3.05, 3.63) is 22.2 Å². The molecule has 2 N–H and O–H groups in total. The highest BCUT2D eigenvalue weighted by Gasteiger charge is 2.17. The first-order valence-electron chi connectivity index (χ1n) is 7.18. The summed E-state index contributed by atoms with van der Waals surface area (Å²) in [7, 11) is 0. The van der Waals surface area contributed by atoms with Gasteiger partial charge in [-0.1, -0.05) is 29.3 Å². The summed E-state index contributed by atoms with van der Waals surface area (Å²) in [4.78, 5) is 13.3. The van der Waals surface area contributed by atoms with Crippen molar-refractivity contribution in [3.8, 4) is 11.5 Å². The Morgan fingerprint density at radius 3 is 2.62 bits per heavy atom. The van der Waals surface area contributed by atoms with Crippen LogP contribution in [0.5, 0.6) is 11.5 Å². The number of fused-ring (bicyclic) bond motifs is 1. The van der Waals surface area contributed by atoms with Crippen molar-refractivity contribution in [2.24, 2.45) is 5.73 Å². The smallest absolute Gasteiger partial charge is 0.231 e.